The van der Waals surface area contributed by atoms with Gasteiger partial charge in [-0.15, -0.1) is 0 Å². The minimum Gasteiger partial charge on any atom is -0.492 e. The van der Waals surface area contributed by atoms with Gasteiger partial charge >= 0.3 is 0 Å². The van der Waals surface area contributed by atoms with E-state index in [4.69, 9.17) is 14.8 Å². The second-order valence-electron chi connectivity index (χ2n) is 11.9. The molecule has 2 aliphatic heterocycles. The van der Waals surface area contributed by atoms with Crippen LogP contribution in [0.1, 0.15) is 76.9 Å². The molecule has 216 valence electrons. The van der Waals surface area contributed by atoms with Crippen LogP contribution in [-0.4, -0.2) is 60.9 Å². The Morgan fingerprint density at radius 3 is 2.51 bits per heavy atom. The van der Waals surface area contributed by atoms with E-state index in [1.54, 1.807) is 18.2 Å². The number of para-hydroxylation sites is 2. The quantitative estimate of drug-likeness (QED) is 0.328. The van der Waals surface area contributed by atoms with E-state index < -0.39 is 29.7 Å². The van der Waals surface area contributed by atoms with Gasteiger partial charge in [-0.05, 0) is 62.3 Å². The fourth-order valence-electron chi connectivity index (χ4n) is 6.40. The summed E-state index contributed by atoms with van der Waals surface area (Å²) >= 11 is 0. The van der Waals surface area contributed by atoms with Crippen LogP contribution in [0.25, 0.3) is 22.3 Å². The van der Waals surface area contributed by atoms with Crippen LogP contribution in [0, 0.1) is 5.92 Å². The molecule has 11 nitrogen and oxygen atoms in total. The maximum atomic E-state index is 13.3. The van der Waals surface area contributed by atoms with E-state index in [1.807, 2.05) is 30.5 Å². The number of carbonyl (C=O) groups is 4. The predicted molar refractivity (Wildman–Crippen MR) is 153 cm³/mol. The van der Waals surface area contributed by atoms with Crippen LogP contribution in [0.15, 0.2) is 54.9 Å². The Morgan fingerprint density at radius 2 is 1.72 bits per heavy atom. The highest BCUT2D eigenvalue weighted by Gasteiger charge is 2.46. The summed E-state index contributed by atoms with van der Waals surface area (Å²) < 4.78 is 8.19. The van der Waals surface area contributed by atoms with Crippen molar-refractivity contribution in [1.82, 2.24) is 30.0 Å². The molecule has 3 fully saturated rings. The fourth-order valence-corrected chi connectivity index (χ4v) is 6.40. The van der Waals surface area contributed by atoms with Crippen molar-refractivity contribution in [3.8, 4) is 17.0 Å². The smallest absolute Gasteiger partial charge is 0.266 e. The second-order valence-corrected chi connectivity index (χ2v) is 11.9. The maximum absolute atomic E-state index is 13.3. The summed E-state index contributed by atoms with van der Waals surface area (Å²) in [6.07, 6.45) is 8.14. The monoisotopic (exact) mass is 576 g/mol. The van der Waals surface area contributed by atoms with E-state index in [1.165, 1.54) is 0 Å². The zero-order valence-electron chi connectivity index (χ0n) is 23.2. The maximum Gasteiger partial charge on any atom is 0.266 e. The highest BCUT2D eigenvalue weighted by atomic mass is 16.5. The third-order valence-electron chi connectivity index (χ3n) is 8.94. The van der Waals surface area contributed by atoms with Crippen LogP contribution in [0.2, 0.25) is 0 Å². The highest BCUT2D eigenvalue weighted by Crippen LogP contribution is 2.46. The molecule has 8 rings (SSSR count). The molecule has 1 N–H and O–H groups in total. The lowest BCUT2D eigenvalue weighted by Gasteiger charge is -2.35. The number of aromatic nitrogens is 4. The predicted octanol–water partition coefficient (Wildman–Crippen LogP) is 3.80. The summed E-state index contributed by atoms with van der Waals surface area (Å²) in [6.45, 7) is 0.395. The van der Waals surface area contributed by atoms with Crippen molar-refractivity contribution in [2.45, 2.75) is 56.5 Å². The SMILES string of the molecule is O=C1CCC(N2C(=O)c3cccc(OCC4CC(n5cc(-c6cnc7ccccc7n6)c(C6CC6)n5)C4)c3C2=O)C(=O)N1. The molecule has 0 spiro atoms. The van der Waals surface area contributed by atoms with Gasteiger partial charge in [0.1, 0.15) is 11.8 Å². The van der Waals surface area contributed by atoms with E-state index in [0.29, 0.717) is 18.3 Å². The molecule has 1 atom stereocenters. The first-order valence-electron chi connectivity index (χ1n) is 14.7. The van der Waals surface area contributed by atoms with Crippen LogP contribution >= 0.6 is 0 Å². The van der Waals surface area contributed by atoms with Crippen LogP contribution in [-0.2, 0) is 9.59 Å². The van der Waals surface area contributed by atoms with Gasteiger partial charge in [-0.2, -0.15) is 5.10 Å². The van der Waals surface area contributed by atoms with Crippen LogP contribution < -0.4 is 10.1 Å². The normalized spacial score (nSPS) is 23.3. The number of nitrogens with zero attached hydrogens (tertiary/aromatic N) is 5. The van der Waals surface area contributed by atoms with Gasteiger partial charge in [-0.1, -0.05) is 18.2 Å². The minimum atomic E-state index is -1.01. The van der Waals surface area contributed by atoms with E-state index >= 15 is 0 Å². The molecule has 4 heterocycles. The number of amides is 4. The Morgan fingerprint density at radius 1 is 0.907 bits per heavy atom. The molecule has 2 aromatic heterocycles. The lowest BCUT2D eigenvalue weighted by Crippen LogP contribution is -2.54. The molecule has 4 aromatic rings. The van der Waals surface area contributed by atoms with Gasteiger partial charge < -0.3 is 4.74 Å². The number of hydrogen-bond donors (Lipinski definition) is 1. The van der Waals surface area contributed by atoms with E-state index in [2.05, 4.69) is 21.2 Å². The molecule has 4 amide bonds. The molecule has 2 aliphatic carbocycles. The number of nitrogens with one attached hydrogen (secondary N) is 1. The number of fused-ring (bicyclic) bond motifs is 2. The van der Waals surface area contributed by atoms with Crippen molar-refractivity contribution >= 4 is 34.7 Å². The van der Waals surface area contributed by atoms with Crippen LogP contribution in [0.4, 0.5) is 0 Å². The number of hydrogen-bond acceptors (Lipinski definition) is 8. The first-order chi connectivity index (χ1) is 20.9. The Kier molecular flexibility index (Phi) is 5.88. The van der Waals surface area contributed by atoms with E-state index in [9.17, 15) is 19.2 Å². The van der Waals surface area contributed by atoms with Crippen LogP contribution in [0.3, 0.4) is 0 Å². The molecule has 4 aliphatic rings. The van der Waals surface area contributed by atoms with Gasteiger partial charge in [0, 0.05) is 24.1 Å². The number of imide groups is 2. The third kappa shape index (κ3) is 4.38. The molecule has 0 bridgehead atoms. The largest absolute Gasteiger partial charge is 0.492 e. The zero-order valence-corrected chi connectivity index (χ0v) is 23.2. The van der Waals surface area contributed by atoms with Gasteiger partial charge in [-0.25, -0.2) is 4.98 Å². The molecular formula is C32H28N6O5. The van der Waals surface area contributed by atoms with Gasteiger partial charge in [-0.3, -0.25) is 39.1 Å². The lowest BCUT2D eigenvalue weighted by atomic mass is 9.81. The Balaban J connectivity index is 0.954. The van der Waals surface area contributed by atoms with E-state index in [-0.39, 0.29) is 35.9 Å². The Hall–Kier alpha value is -4.93. The molecule has 1 unspecified atom stereocenters. The summed E-state index contributed by atoms with van der Waals surface area (Å²) in [5.74, 6) is -1.08. The number of rotatable bonds is 7. The summed E-state index contributed by atoms with van der Waals surface area (Å²) in [7, 11) is 0. The summed E-state index contributed by atoms with van der Waals surface area (Å²) in [5, 5.41) is 7.22. The zero-order chi connectivity index (χ0) is 29.2. The molecule has 1 saturated heterocycles. The minimum absolute atomic E-state index is 0.0750. The highest BCUT2D eigenvalue weighted by molar-refractivity contribution is 6.24. The molecule has 43 heavy (non-hydrogen) atoms. The average Bonchev–Trinajstić information content (AvgIpc) is 3.69. The second kappa shape index (κ2) is 9.82. The fraction of sp³-hybridized carbons (Fsp3) is 0.344. The summed E-state index contributed by atoms with van der Waals surface area (Å²) in [4.78, 5) is 60.9. The van der Waals surface area contributed by atoms with E-state index in [0.717, 1.165) is 58.6 Å². The van der Waals surface area contributed by atoms with Crippen molar-refractivity contribution in [3.05, 3.63) is 71.7 Å². The first kappa shape index (κ1) is 25.8. The standard InChI is InChI=1S/C32H28N6O5/c39-27-11-10-25(30(40)35-27)38-31(41)20-4-3-7-26(28(20)32(38)42)43-16-17-12-19(13-17)37-15-21(29(36-37)18-8-9-18)24-14-33-22-5-1-2-6-23(22)34-24/h1-7,14-15,17-19,25H,8-13,16H2,(H,35,39,40). The van der Waals surface area contributed by atoms with Gasteiger partial charge in [0.05, 0.1) is 52.4 Å². The number of ether oxygens (including phenoxy) is 1. The van der Waals surface area contributed by atoms with Crippen molar-refractivity contribution in [2.75, 3.05) is 6.61 Å². The molecular weight excluding hydrogens is 548 g/mol. The van der Waals surface area contributed by atoms with Crippen molar-refractivity contribution in [1.29, 1.82) is 0 Å². The summed E-state index contributed by atoms with van der Waals surface area (Å²) in [6, 6.07) is 12.0. The molecule has 2 saturated carbocycles. The van der Waals surface area contributed by atoms with Crippen molar-refractivity contribution in [3.63, 3.8) is 0 Å². The van der Waals surface area contributed by atoms with Crippen molar-refractivity contribution < 1.29 is 23.9 Å². The number of carbonyl (C=O) groups excluding carboxylic acids is 4. The van der Waals surface area contributed by atoms with Gasteiger partial charge in [0.15, 0.2) is 0 Å². The Bertz CT molecular complexity index is 1840. The molecule has 2 aromatic carbocycles. The molecule has 0 radical (unpaired) electrons. The average molecular weight is 577 g/mol. The third-order valence-corrected chi connectivity index (χ3v) is 8.94. The number of benzene rings is 2. The van der Waals surface area contributed by atoms with Crippen molar-refractivity contribution in [2.24, 2.45) is 5.92 Å². The Labute approximate surface area is 246 Å². The van der Waals surface area contributed by atoms with Gasteiger partial charge in [0.25, 0.3) is 11.8 Å². The summed E-state index contributed by atoms with van der Waals surface area (Å²) in [5.41, 5.74) is 5.10. The lowest BCUT2D eigenvalue weighted by molar-refractivity contribution is -0.136. The molecule has 11 heteroatoms. The van der Waals surface area contributed by atoms with Crippen LogP contribution in [0.5, 0.6) is 5.75 Å². The number of piperidine rings is 1. The first-order valence-corrected chi connectivity index (χ1v) is 14.7. The topological polar surface area (TPSA) is 136 Å². The van der Waals surface area contributed by atoms with Gasteiger partial charge in [0.2, 0.25) is 11.8 Å².